The van der Waals surface area contributed by atoms with E-state index in [-0.39, 0.29) is 17.9 Å². The molecule has 2 saturated heterocycles. The molecule has 2 aromatic carbocycles. The lowest BCUT2D eigenvalue weighted by Crippen LogP contribution is -2.35. The molecule has 7 rings (SSSR count). The highest BCUT2D eigenvalue weighted by Crippen LogP contribution is 2.49. The van der Waals surface area contributed by atoms with Gasteiger partial charge in [0.2, 0.25) is 0 Å². The number of ether oxygens (including phenoxy) is 3. The molecule has 2 aromatic heterocycles. The molecule has 0 spiro atoms. The summed E-state index contributed by atoms with van der Waals surface area (Å²) in [5.74, 6) is 0.581. The van der Waals surface area contributed by atoms with Crippen LogP contribution in [0.15, 0.2) is 48.7 Å². The van der Waals surface area contributed by atoms with E-state index in [1.807, 2.05) is 19.1 Å². The first-order valence-electron chi connectivity index (χ1n) is 15.2. The highest BCUT2D eigenvalue weighted by Gasteiger charge is 2.43. The molecule has 2 atom stereocenters. The van der Waals surface area contributed by atoms with Gasteiger partial charge in [-0.2, -0.15) is 0 Å². The van der Waals surface area contributed by atoms with Gasteiger partial charge in [-0.3, -0.25) is 9.69 Å². The molecule has 1 amide bonds. The predicted octanol–water partition coefficient (Wildman–Crippen LogP) is 5.79. The molecule has 0 radical (unpaired) electrons. The molecule has 11 heteroatoms. The van der Waals surface area contributed by atoms with Gasteiger partial charge in [-0.15, -0.1) is 0 Å². The van der Waals surface area contributed by atoms with Crippen LogP contribution in [0.5, 0.6) is 11.5 Å². The molecule has 4 aromatic rings. The van der Waals surface area contributed by atoms with Crippen LogP contribution in [0.25, 0.3) is 11.0 Å². The van der Waals surface area contributed by atoms with Gasteiger partial charge < -0.3 is 24.1 Å². The summed E-state index contributed by atoms with van der Waals surface area (Å²) in [4.78, 5) is 24.2. The standard InChI is InChI=1S/C33H35ClFN5O4/c1-3-36-32(41)27-16-26-28(17-37-27)40(18-22-11-14-42-22)30(38-26)19-39-12-9-20(10-13-39)23-5-4-6-29-31(23)44-33(2,43-29)24-8-7-21(34)15-25(24)35/h4-8,15-17,20,22H,3,9-14,18-19H2,1-2H3,(H,36,41)/t22-,33-/m0/s1. The number of piperidine rings is 1. The number of likely N-dealkylation sites (tertiary alicyclic amines) is 1. The molecule has 230 valence electrons. The molecule has 5 heterocycles. The average molecular weight is 620 g/mol. The van der Waals surface area contributed by atoms with Crippen LogP contribution in [0.4, 0.5) is 4.39 Å². The van der Waals surface area contributed by atoms with Gasteiger partial charge >= 0.3 is 0 Å². The Bertz CT molecular complexity index is 1720. The van der Waals surface area contributed by atoms with Gasteiger partial charge in [0.25, 0.3) is 11.7 Å². The largest absolute Gasteiger partial charge is 0.444 e. The smallest absolute Gasteiger partial charge is 0.278 e. The minimum Gasteiger partial charge on any atom is -0.444 e. The fraction of sp³-hybridized carbons (Fsp3) is 0.424. The van der Waals surface area contributed by atoms with E-state index in [9.17, 15) is 9.18 Å². The van der Waals surface area contributed by atoms with Gasteiger partial charge in [-0.05, 0) is 75.5 Å². The first-order chi connectivity index (χ1) is 21.3. The number of imidazole rings is 1. The molecule has 2 fully saturated rings. The SMILES string of the molecule is CCNC(=O)c1cc2nc(CN3CCC(c4cccc5c4O[C@@](C)(c4ccc(Cl)cc4F)O5)CC3)n(C[C@@H]3CCO3)c2cn1. The monoisotopic (exact) mass is 619 g/mol. The van der Waals surface area contributed by atoms with Crippen molar-refractivity contribution in [1.82, 2.24) is 24.8 Å². The number of carbonyl (C=O) groups is 1. The molecule has 0 saturated carbocycles. The number of hydrogen-bond acceptors (Lipinski definition) is 7. The number of rotatable bonds is 8. The highest BCUT2D eigenvalue weighted by molar-refractivity contribution is 6.30. The molecule has 3 aliphatic heterocycles. The van der Waals surface area contributed by atoms with Gasteiger partial charge in [0, 0.05) is 30.7 Å². The van der Waals surface area contributed by atoms with Crippen LogP contribution in [0.1, 0.15) is 66.5 Å². The summed E-state index contributed by atoms with van der Waals surface area (Å²) >= 11 is 5.98. The van der Waals surface area contributed by atoms with Crippen molar-refractivity contribution >= 4 is 28.5 Å². The maximum Gasteiger partial charge on any atom is 0.278 e. The summed E-state index contributed by atoms with van der Waals surface area (Å²) in [5, 5.41) is 3.14. The number of para-hydroxylation sites is 1. The third kappa shape index (κ3) is 5.39. The lowest BCUT2D eigenvalue weighted by atomic mass is 9.88. The number of hydrogen-bond donors (Lipinski definition) is 1. The third-order valence-electron chi connectivity index (χ3n) is 8.89. The maximum absolute atomic E-state index is 14.8. The van der Waals surface area contributed by atoms with Gasteiger partial charge in [0.05, 0.1) is 42.0 Å². The van der Waals surface area contributed by atoms with Crippen LogP contribution >= 0.6 is 11.6 Å². The van der Waals surface area contributed by atoms with Crippen molar-refractivity contribution in [3.8, 4) is 11.5 Å². The van der Waals surface area contributed by atoms with E-state index in [1.54, 1.807) is 31.3 Å². The zero-order valence-electron chi connectivity index (χ0n) is 24.8. The second kappa shape index (κ2) is 11.6. The molecule has 0 unspecified atom stereocenters. The maximum atomic E-state index is 14.8. The Morgan fingerprint density at radius 1 is 1.16 bits per heavy atom. The molecule has 3 aliphatic rings. The Hall–Kier alpha value is -3.73. The van der Waals surface area contributed by atoms with Crippen molar-refractivity contribution in [2.75, 3.05) is 26.2 Å². The number of nitrogens with one attached hydrogen (secondary N) is 1. The van der Waals surface area contributed by atoms with E-state index >= 15 is 0 Å². The van der Waals surface area contributed by atoms with Crippen LogP contribution in [-0.2, 0) is 23.6 Å². The fourth-order valence-corrected chi connectivity index (χ4v) is 6.60. The van der Waals surface area contributed by atoms with E-state index in [1.165, 1.54) is 6.07 Å². The molecule has 1 N–H and O–H groups in total. The Morgan fingerprint density at radius 3 is 2.70 bits per heavy atom. The number of benzene rings is 2. The van der Waals surface area contributed by atoms with Crippen LogP contribution in [-0.4, -0.2) is 57.7 Å². The van der Waals surface area contributed by atoms with Crippen molar-refractivity contribution in [3.63, 3.8) is 0 Å². The second-order valence-corrected chi connectivity index (χ2v) is 12.3. The molecular formula is C33H35ClFN5O4. The summed E-state index contributed by atoms with van der Waals surface area (Å²) in [6.07, 6.45) is 4.80. The van der Waals surface area contributed by atoms with Gasteiger partial charge in [0.15, 0.2) is 11.5 Å². The zero-order valence-corrected chi connectivity index (χ0v) is 25.6. The normalized spacial score (nSPS) is 21.9. The fourth-order valence-electron chi connectivity index (χ4n) is 6.44. The molecule has 9 nitrogen and oxygen atoms in total. The number of aromatic nitrogens is 3. The van der Waals surface area contributed by atoms with E-state index in [0.29, 0.717) is 47.4 Å². The Labute approximate surface area is 260 Å². The predicted molar refractivity (Wildman–Crippen MR) is 164 cm³/mol. The van der Waals surface area contributed by atoms with Crippen molar-refractivity contribution in [3.05, 3.63) is 82.1 Å². The minimum atomic E-state index is -1.27. The quantitative estimate of drug-likeness (QED) is 0.267. The van der Waals surface area contributed by atoms with Crippen LogP contribution in [0.3, 0.4) is 0 Å². The van der Waals surface area contributed by atoms with Crippen molar-refractivity contribution < 1.29 is 23.4 Å². The van der Waals surface area contributed by atoms with E-state index < -0.39 is 11.6 Å². The first-order valence-corrected chi connectivity index (χ1v) is 15.6. The van der Waals surface area contributed by atoms with Gasteiger partial charge in [0.1, 0.15) is 17.3 Å². The topological polar surface area (TPSA) is 90.7 Å². The number of pyridine rings is 1. The van der Waals surface area contributed by atoms with Crippen molar-refractivity contribution in [2.45, 2.75) is 64.0 Å². The summed E-state index contributed by atoms with van der Waals surface area (Å²) < 4.78 is 35.4. The number of amides is 1. The number of halogens is 2. The van der Waals surface area contributed by atoms with Crippen LogP contribution in [0, 0.1) is 5.82 Å². The summed E-state index contributed by atoms with van der Waals surface area (Å²) in [6, 6.07) is 12.2. The van der Waals surface area contributed by atoms with Gasteiger partial charge in [-0.25, -0.2) is 14.4 Å². The molecule has 0 bridgehead atoms. The lowest BCUT2D eigenvalue weighted by Gasteiger charge is -2.33. The van der Waals surface area contributed by atoms with E-state index in [2.05, 4.69) is 25.8 Å². The van der Waals surface area contributed by atoms with E-state index in [4.69, 9.17) is 30.8 Å². The first kappa shape index (κ1) is 29.0. The van der Waals surface area contributed by atoms with E-state index in [0.717, 1.165) is 61.4 Å². The summed E-state index contributed by atoms with van der Waals surface area (Å²) in [7, 11) is 0. The van der Waals surface area contributed by atoms with Crippen molar-refractivity contribution in [2.24, 2.45) is 0 Å². The zero-order chi connectivity index (χ0) is 30.4. The second-order valence-electron chi connectivity index (χ2n) is 11.8. The minimum absolute atomic E-state index is 0.161. The molecule has 44 heavy (non-hydrogen) atoms. The number of carbonyl (C=O) groups excluding carboxylic acids is 1. The lowest BCUT2D eigenvalue weighted by molar-refractivity contribution is -0.0712. The molecular weight excluding hydrogens is 585 g/mol. The molecule has 0 aliphatic carbocycles. The Balaban J connectivity index is 1.07. The third-order valence-corrected chi connectivity index (χ3v) is 9.12. The Morgan fingerprint density at radius 2 is 1.98 bits per heavy atom. The Kier molecular flexibility index (Phi) is 7.68. The van der Waals surface area contributed by atoms with Crippen LogP contribution in [0.2, 0.25) is 5.02 Å². The number of fused-ring (bicyclic) bond motifs is 2. The van der Waals surface area contributed by atoms with Gasteiger partial charge in [-0.1, -0.05) is 23.7 Å². The summed E-state index contributed by atoms with van der Waals surface area (Å²) in [6.45, 7) is 8.10. The number of nitrogens with zero attached hydrogens (tertiary/aromatic N) is 4. The average Bonchev–Trinajstić information content (AvgIpc) is 3.51. The van der Waals surface area contributed by atoms with Crippen LogP contribution < -0.4 is 14.8 Å². The van der Waals surface area contributed by atoms with Crippen molar-refractivity contribution in [1.29, 1.82) is 0 Å². The summed E-state index contributed by atoms with van der Waals surface area (Å²) in [5.41, 5.74) is 3.44. The highest BCUT2D eigenvalue weighted by atomic mass is 35.5.